The van der Waals surface area contributed by atoms with E-state index < -0.39 is 0 Å². The molecule has 2 aromatic rings. The summed E-state index contributed by atoms with van der Waals surface area (Å²) in [6.45, 7) is 7.11. The van der Waals surface area contributed by atoms with Gasteiger partial charge in [0.15, 0.2) is 0 Å². The number of halogens is 1. The highest BCUT2D eigenvalue weighted by Gasteiger charge is 2.17. The van der Waals surface area contributed by atoms with E-state index in [0.29, 0.717) is 12.5 Å². The van der Waals surface area contributed by atoms with Gasteiger partial charge in [0.05, 0.1) is 0 Å². The van der Waals surface area contributed by atoms with Crippen LogP contribution >= 0.6 is 11.6 Å². The van der Waals surface area contributed by atoms with E-state index in [9.17, 15) is 0 Å². The molecule has 0 amide bonds. The van der Waals surface area contributed by atoms with Crippen molar-refractivity contribution in [2.45, 2.75) is 33.1 Å². The van der Waals surface area contributed by atoms with Gasteiger partial charge in [0.2, 0.25) is 0 Å². The lowest BCUT2D eigenvalue weighted by molar-refractivity contribution is 0.685. The van der Waals surface area contributed by atoms with Gasteiger partial charge in [-0.05, 0) is 62.1 Å². The molecule has 0 aliphatic heterocycles. The zero-order valence-electron chi connectivity index (χ0n) is 12.4. The van der Waals surface area contributed by atoms with E-state index in [-0.39, 0.29) is 0 Å². The second-order valence-corrected chi connectivity index (χ2v) is 5.95. The van der Waals surface area contributed by atoms with Crippen molar-refractivity contribution in [1.82, 2.24) is 0 Å². The third-order valence-corrected chi connectivity index (χ3v) is 4.22. The first-order chi connectivity index (χ1) is 9.52. The van der Waals surface area contributed by atoms with Crippen LogP contribution in [0.5, 0.6) is 0 Å². The number of hydrogen-bond acceptors (Lipinski definition) is 1. The van der Waals surface area contributed by atoms with Gasteiger partial charge in [0.1, 0.15) is 0 Å². The second kappa shape index (κ2) is 6.43. The highest BCUT2D eigenvalue weighted by atomic mass is 35.5. The minimum Gasteiger partial charge on any atom is -0.330 e. The van der Waals surface area contributed by atoms with Gasteiger partial charge in [-0.3, -0.25) is 0 Å². The van der Waals surface area contributed by atoms with Crippen LogP contribution in [0.3, 0.4) is 0 Å². The summed E-state index contributed by atoms with van der Waals surface area (Å²) in [7, 11) is 0. The molecule has 0 heterocycles. The third-order valence-electron chi connectivity index (χ3n) is 3.85. The molecule has 0 fully saturated rings. The van der Waals surface area contributed by atoms with Crippen molar-refractivity contribution in [2.24, 2.45) is 5.73 Å². The predicted octanol–water partition coefficient (Wildman–Crippen LogP) is 4.55. The number of aryl methyl sites for hydroxylation is 3. The molecule has 0 aromatic heterocycles. The normalized spacial score (nSPS) is 12.4. The fourth-order valence-corrected chi connectivity index (χ4v) is 3.28. The van der Waals surface area contributed by atoms with E-state index in [0.717, 1.165) is 11.4 Å². The van der Waals surface area contributed by atoms with Crippen molar-refractivity contribution in [3.8, 4) is 0 Å². The van der Waals surface area contributed by atoms with E-state index in [1.165, 1.54) is 27.8 Å². The SMILES string of the molecule is Cc1cc(C)c(C(CN)Cc2ccccc2Cl)c(C)c1. The Balaban J connectivity index is 2.37. The van der Waals surface area contributed by atoms with Gasteiger partial charge >= 0.3 is 0 Å². The lowest BCUT2D eigenvalue weighted by atomic mass is 9.85. The van der Waals surface area contributed by atoms with Gasteiger partial charge in [-0.25, -0.2) is 0 Å². The van der Waals surface area contributed by atoms with Gasteiger partial charge in [-0.2, -0.15) is 0 Å². The fraction of sp³-hybridized carbons (Fsp3) is 0.333. The second-order valence-electron chi connectivity index (χ2n) is 5.54. The van der Waals surface area contributed by atoms with E-state index in [1.807, 2.05) is 18.2 Å². The Labute approximate surface area is 126 Å². The molecular weight excluding hydrogens is 266 g/mol. The van der Waals surface area contributed by atoms with Crippen molar-refractivity contribution in [1.29, 1.82) is 0 Å². The van der Waals surface area contributed by atoms with Gasteiger partial charge in [0.25, 0.3) is 0 Å². The topological polar surface area (TPSA) is 26.0 Å². The van der Waals surface area contributed by atoms with E-state index in [1.54, 1.807) is 0 Å². The zero-order valence-corrected chi connectivity index (χ0v) is 13.2. The summed E-state index contributed by atoms with van der Waals surface area (Å²) in [5, 5.41) is 0.827. The molecule has 0 saturated carbocycles. The van der Waals surface area contributed by atoms with Crippen molar-refractivity contribution in [3.63, 3.8) is 0 Å². The summed E-state index contributed by atoms with van der Waals surface area (Å²) < 4.78 is 0. The Morgan fingerprint density at radius 1 is 1.05 bits per heavy atom. The van der Waals surface area contributed by atoms with Crippen LogP contribution in [0.25, 0.3) is 0 Å². The van der Waals surface area contributed by atoms with Crippen LogP contribution in [0.4, 0.5) is 0 Å². The summed E-state index contributed by atoms with van der Waals surface area (Å²) in [6, 6.07) is 12.5. The van der Waals surface area contributed by atoms with Crippen LogP contribution in [0, 0.1) is 20.8 Å². The Hall–Kier alpha value is -1.31. The van der Waals surface area contributed by atoms with Gasteiger partial charge in [0, 0.05) is 10.9 Å². The molecule has 0 saturated heterocycles. The molecule has 2 aromatic carbocycles. The van der Waals surface area contributed by atoms with Gasteiger partial charge < -0.3 is 5.73 Å². The van der Waals surface area contributed by atoms with Gasteiger partial charge in [-0.1, -0.05) is 47.5 Å². The fourth-order valence-electron chi connectivity index (χ4n) is 3.07. The van der Waals surface area contributed by atoms with Crippen LogP contribution in [-0.2, 0) is 6.42 Å². The maximum Gasteiger partial charge on any atom is 0.0438 e. The van der Waals surface area contributed by atoms with Crippen LogP contribution in [0.15, 0.2) is 36.4 Å². The first kappa shape index (κ1) is 15.1. The maximum absolute atomic E-state index is 6.28. The molecule has 1 nitrogen and oxygen atoms in total. The van der Waals surface area contributed by atoms with Crippen molar-refractivity contribution >= 4 is 11.6 Å². The minimum atomic E-state index is 0.315. The standard InChI is InChI=1S/C18H22ClN/c1-12-8-13(2)18(14(3)9-12)16(11-20)10-15-6-4-5-7-17(15)19/h4-9,16H,10-11,20H2,1-3H3. The average molecular weight is 288 g/mol. The Kier molecular flexibility index (Phi) is 4.85. The van der Waals surface area contributed by atoms with Crippen molar-refractivity contribution in [3.05, 3.63) is 69.2 Å². The number of benzene rings is 2. The average Bonchev–Trinajstić information content (AvgIpc) is 2.38. The Bertz CT molecular complexity index is 581. The molecule has 2 heteroatoms. The summed E-state index contributed by atoms with van der Waals surface area (Å²) >= 11 is 6.28. The Morgan fingerprint density at radius 2 is 1.65 bits per heavy atom. The number of rotatable bonds is 4. The van der Waals surface area contributed by atoms with Crippen LogP contribution in [0.1, 0.15) is 33.7 Å². The molecular formula is C18H22ClN. The zero-order chi connectivity index (χ0) is 14.7. The van der Waals surface area contributed by atoms with Crippen LogP contribution in [0.2, 0.25) is 5.02 Å². The summed E-state index contributed by atoms with van der Waals surface area (Å²) in [5.41, 5.74) is 12.5. The molecule has 106 valence electrons. The van der Waals surface area contributed by atoms with E-state index in [4.69, 9.17) is 17.3 Å². The quantitative estimate of drug-likeness (QED) is 0.877. The lowest BCUT2D eigenvalue weighted by Crippen LogP contribution is -2.17. The smallest absolute Gasteiger partial charge is 0.0438 e. The first-order valence-corrected chi connectivity index (χ1v) is 7.42. The molecule has 1 unspecified atom stereocenters. The highest BCUT2D eigenvalue weighted by molar-refractivity contribution is 6.31. The van der Waals surface area contributed by atoms with Gasteiger partial charge in [-0.15, -0.1) is 0 Å². The number of hydrogen-bond donors (Lipinski definition) is 1. The lowest BCUT2D eigenvalue weighted by Gasteiger charge is -2.21. The minimum absolute atomic E-state index is 0.315. The van der Waals surface area contributed by atoms with Crippen LogP contribution in [-0.4, -0.2) is 6.54 Å². The molecule has 0 radical (unpaired) electrons. The van der Waals surface area contributed by atoms with E-state index in [2.05, 4.69) is 39.0 Å². The Morgan fingerprint density at radius 3 is 2.20 bits per heavy atom. The first-order valence-electron chi connectivity index (χ1n) is 7.04. The molecule has 0 bridgehead atoms. The molecule has 2 N–H and O–H groups in total. The monoisotopic (exact) mass is 287 g/mol. The highest BCUT2D eigenvalue weighted by Crippen LogP contribution is 2.29. The summed E-state index contributed by atoms with van der Waals surface area (Å²) in [5.74, 6) is 0.315. The largest absolute Gasteiger partial charge is 0.330 e. The summed E-state index contributed by atoms with van der Waals surface area (Å²) in [6.07, 6.45) is 0.890. The van der Waals surface area contributed by atoms with E-state index >= 15 is 0 Å². The molecule has 1 atom stereocenters. The molecule has 20 heavy (non-hydrogen) atoms. The maximum atomic E-state index is 6.28. The third kappa shape index (κ3) is 3.23. The van der Waals surface area contributed by atoms with Crippen LogP contribution < -0.4 is 5.73 Å². The van der Waals surface area contributed by atoms with Crippen molar-refractivity contribution < 1.29 is 0 Å². The predicted molar refractivity (Wildman–Crippen MR) is 87.6 cm³/mol. The molecule has 0 aliphatic rings. The number of nitrogens with two attached hydrogens (primary N) is 1. The summed E-state index contributed by atoms with van der Waals surface area (Å²) in [4.78, 5) is 0. The molecule has 2 rings (SSSR count). The molecule has 0 aliphatic carbocycles. The molecule has 0 spiro atoms. The van der Waals surface area contributed by atoms with Crippen molar-refractivity contribution in [2.75, 3.05) is 6.54 Å².